The standard InChI is InChI=1S/C29H15ClN2O5/c30-22-15-14-21(25(33)16-8-2-1-3-9-16)23(31-26(34)17-10-4-5-11-18(17)27(31)35)24(22)32-28(36)19-12-6-7-13-20(19)29(32)37/h1-15H. The smallest absolute Gasteiger partial charge is 0.266 e. The van der Waals surface area contributed by atoms with Crippen LogP contribution in [0.2, 0.25) is 5.02 Å². The normalized spacial score (nSPS) is 14.3. The van der Waals surface area contributed by atoms with E-state index in [0.717, 1.165) is 9.80 Å². The second-order valence-electron chi connectivity index (χ2n) is 8.47. The van der Waals surface area contributed by atoms with Gasteiger partial charge in [0.1, 0.15) is 0 Å². The van der Waals surface area contributed by atoms with Crippen molar-refractivity contribution in [1.29, 1.82) is 0 Å². The number of carbonyl (C=O) groups excluding carboxylic acids is 5. The van der Waals surface area contributed by atoms with Crippen LogP contribution in [0.15, 0.2) is 91.0 Å². The first-order valence-electron chi connectivity index (χ1n) is 11.3. The van der Waals surface area contributed by atoms with E-state index in [1.54, 1.807) is 54.6 Å². The van der Waals surface area contributed by atoms with E-state index in [9.17, 15) is 24.0 Å². The number of imide groups is 2. The molecule has 2 heterocycles. The summed E-state index contributed by atoms with van der Waals surface area (Å²) in [5.74, 6) is -3.25. The van der Waals surface area contributed by atoms with Gasteiger partial charge in [-0.25, -0.2) is 9.80 Å². The number of anilines is 2. The van der Waals surface area contributed by atoms with Crippen molar-refractivity contribution in [1.82, 2.24) is 0 Å². The number of rotatable bonds is 4. The van der Waals surface area contributed by atoms with Gasteiger partial charge in [0.05, 0.1) is 38.7 Å². The van der Waals surface area contributed by atoms with E-state index in [1.165, 1.54) is 36.4 Å². The summed E-state index contributed by atoms with van der Waals surface area (Å²) in [7, 11) is 0. The highest BCUT2D eigenvalue weighted by Gasteiger charge is 2.45. The molecule has 0 N–H and O–H groups in total. The fourth-order valence-electron chi connectivity index (χ4n) is 4.71. The highest BCUT2D eigenvalue weighted by Crippen LogP contribution is 2.45. The predicted molar refractivity (Wildman–Crippen MR) is 136 cm³/mol. The van der Waals surface area contributed by atoms with Crippen molar-refractivity contribution in [2.45, 2.75) is 0 Å². The highest BCUT2D eigenvalue weighted by molar-refractivity contribution is 6.44. The van der Waals surface area contributed by atoms with Gasteiger partial charge in [-0.3, -0.25) is 24.0 Å². The SMILES string of the molecule is O=C(c1ccccc1)c1ccc(Cl)c(N2C(=O)c3ccccc3C2=O)c1N1C(=O)c2ccccc2C1=O. The Morgan fingerprint density at radius 2 is 0.919 bits per heavy atom. The summed E-state index contributed by atoms with van der Waals surface area (Å²) < 4.78 is 0. The lowest BCUT2D eigenvalue weighted by Crippen LogP contribution is -2.36. The van der Waals surface area contributed by atoms with Crippen molar-refractivity contribution < 1.29 is 24.0 Å². The maximum Gasteiger partial charge on any atom is 0.266 e. The first-order chi connectivity index (χ1) is 17.9. The minimum absolute atomic E-state index is 0.0586. The van der Waals surface area contributed by atoms with E-state index in [2.05, 4.69) is 0 Å². The zero-order chi connectivity index (χ0) is 25.8. The zero-order valence-electron chi connectivity index (χ0n) is 19.0. The van der Waals surface area contributed by atoms with Crippen LogP contribution in [0, 0.1) is 0 Å². The molecule has 4 amide bonds. The van der Waals surface area contributed by atoms with Crippen LogP contribution in [0.1, 0.15) is 57.4 Å². The zero-order valence-corrected chi connectivity index (χ0v) is 19.7. The second-order valence-corrected chi connectivity index (χ2v) is 8.88. The Labute approximate surface area is 215 Å². The van der Waals surface area contributed by atoms with E-state index in [-0.39, 0.29) is 49.8 Å². The highest BCUT2D eigenvalue weighted by atomic mass is 35.5. The van der Waals surface area contributed by atoms with Gasteiger partial charge in [0.15, 0.2) is 5.78 Å². The van der Waals surface area contributed by atoms with Gasteiger partial charge < -0.3 is 0 Å². The Hall–Kier alpha value is -4.88. The third-order valence-electron chi connectivity index (χ3n) is 6.42. The van der Waals surface area contributed by atoms with Gasteiger partial charge in [-0.15, -0.1) is 0 Å². The number of hydrogen-bond acceptors (Lipinski definition) is 5. The van der Waals surface area contributed by atoms with Crippen LogP contribution in [0.3, 0.4) is 0 Å². The van der Waals surface area contributed by atoms with E-state index in [1.807, 2.05) is 0 Å². The average Bonchev–Trinajstić information content (AvgIpc) is 3.33. The maximum absolute atomic E-state index is 13.7. The minimum Gasteiger partial charge on any atom is -0.289 e. The van der Waals surface area contributed by atoms with E-state index >= 15 is 0 Å². The molecule has 7 nitrogen and oxygen atoms in total. The van der Waals surface area contributed by atoms with Crippen LogP contribution in [0.5, 0.6) is 0 Å². The van der Waals surface area contributed by atoms with E-state index in [4.69, 9.17) is 11.6 Å². The molecule has 0 unspecified atom stereocenters. The van der Waals surface area contributed by atoms with Gasteiger partial charge in [0.25, 0.3) is 23.6 Å². The van der Waals surface area contributed by atoms with Crippen LogP contribution < -0.4 is 9.80 Å². The van der Waals surface area contributed by atoms with Crippen LogP contribution in [-0.2, 0) is 0 Å². The summed E-state index contributed by atoms with van der Waals surface area (Å²) >= 11 is 6.58. The van der Waals surface area contributed by atoms with Gasteiger partial charge in [-0.2, -0.15) is 0 Å². The minimum atomic E-state index is -0.692. The summed E-state index contributed by atoms with van der Waals surface area (Å²) in [6.07, 6.45) is 0. The molecule has 2 aliphatic rings. The summed E-state index contributed by atoms with van der Waals surface area (Å²) in [6.45, 7) is 0. The Morgan fingerprint density at radius 3 is 1.38 bits per heavy atom. The quantitative estimate of drug-likeness (QED) is 0.281. The molecule has 0 fully saturated rings. The number of nitrogens with zero attached hydrogens (tertiary/aromatic N) is 2. The van der Waals surface area contributed by atoms with E-state index in [0.29, 0.717) is 0 Å². The molecule has 6 rings (SSSR count). The number of fused-ring (bicyclic) bond motifs is 2. The van der Waals surface area contributed by atoms with Crippen molar-refractivity contribution >= 4 is 52.4 Å². The Kier molecular flexibility index (Phi) is 5.10. The van der Waals surface area contributed by atoms with Crippen molar-refractivity contribution in [3.05, 3.63) is 129 Å². The molecule has 0 radical (unpaired) electrons. The lowest BCUT2D eigenvalue weighted by atomic mass is 9.99. The maximum atomic E-state index is 13.7. The summed E-state index contributed by atoms with van der Waals surface area (Å²) in [5.41, 5.74) is 0.380. The molecule has 0 atom stereocenters. The second kappa shape index (κ2) is 8.36. The number of carbonyl (C=O) groups is 5. The van der Waals surface area contributed by atoms with Gasteiger partial charge in [-0.05, 0) is 36.4 Å². The molecular weight excluding hydrogens is 492 g/mol. The third-order valence-corrected chi connectivity index (χ3v) is 6.72. The first-order valence-corrected chi connectivity index (χ1v) is 11.7. The Balaban J connectivity index is 1.63. The van der Waals surface area contributed by atoms with Crippen molar-refractivity contribution in [2.75, 3.05) is 9.80 Å². The summed E-state index contributed by atoms with van der Waals surface area (Å²) in [6, 6.07) is 23.5. The fourth-order valence-corrected chi connectivity index (χ4v) is 4.94. The summed E-state index contributed by atoms with van der Waals surface area (Å²) in [4.78, 5) is 69.3. The number of halogens is 1. The molecule has 2 aliphatic heterocycles. The lowest BCUT2D eigenvalue weighted by molar-refractivity contribution is 0.0903. The summed E-state index contributed by atoms with van der Waals surface area (Å²) in [5, 5.41) is -0.0781. The molecule has 0 aromatic heterocycles. The largest absolute Gasteiger partial charge is 0.289 e. The third kappa shape index (κ3) is 3.25. The van der Waals surface area contributed by atoms with Gasteiger partial charge in [0, 0.05) is 11.1 Å². The molecule has 0 spiro atoms. The molecular formula is C29H15ClN2O5. The molecule has 0 saturated carbocycles. The molecule has 4 aromatic rings. The van der Waals surface area contributed by atoms with Crippen LogP contribution >= 0.6 is 11.6 Å². The molecule has 0 aliphatic carbocycles. The Morgan fingerprint density at radius 1 is 0.514 bits per heavy atom. The van der Waals surface area contributed by atoms with E-state index < -0.39 is 29.4 Å². The van der Waals surface area contributed by atoms with Gasteiger partial charge in [-0.1, -0.05) is 66.2 Å². The molecule has 178 valence electrons. The van der Waals surface area contributed by atoms with Crippen LogP contribution in [-0.4, -0.2) is 29.4 Å². The first kappa shape index (κ1) is 22.6. The predicted octanol–water partition coefficient (Wildman–Crippen LogP) is 5.17. The van der Waals surface area contributed by atoms with Gasteiger partial charge >= 0.3 is 0 Å². The lowest BCUT2D eigenvalue weighted by Gasteiger charge is -2.26. The van der Waals surface area contributed by atoms with Crippen LogP contribution in [0.25, 0.3) is 0 Å². The number of ketones is 1. The Bertz CT molecular complexity index is 1630. The van der Waals surface area contributed by atoms with Crippen molar-refractivity contribution in [2.24, 2.45) is 0 Å². The van der Waals surface area contributed by atoms with Crippen molar-refractivity contribution in [3.8, 4) is 0 Å². The fraction of sp³-hybridized carbons (Fsp3) is 0. The topological polar surface area (TPSA) is 91.8 Å². The number of amides is 4. The number of benzene rings is 4. The van der Waals surface area contributed by atoms with Gasteiger partial charge in [0.2, 0.25) is 0 Å². The molecule has 0 bridgehead atoms. The van der Waals surface area contributed by atoms with Crippen molar-refractivity contribution in [3.63, 3.8) is 0 Å². The number of hydrogen-bond donors (Lipinski definition) is 0. The molecule has 0 saturated heterocycles. The molecule has 37 heavy (non-hydrogen) atoms. The molecule has 4 aromatic carbocycles. The average molecular weight is 507 g/mol. The monoisotopic (exact) mass is 506 g/mol. The molecule has 8 heteroatoms. The van der Waals surface area contributed by atoms with Crippen LogP contribution in [0.4, 0.5) is 11.4 Å².